The van der Waals surface area contributed by atoms with Crippen molar-refractivity contribution < 1.29 is 9.53 Å². The predicted octanol–water partition coefficient (Wildman–Crippen LogP) is 3.56. The SMILES string of the molecule is CCOCN(C(=O)CCl)c1c(Cl)cccc1Cl. The Morgan fingerprint density at radius 1 is 1.35 bits per heavy atom. The minimum Gasteiger partial charge on any atom is -0.361 e. The molecule has 3 nitrogen and oxygen atoms in total. The molecule has 0 spiro atoms. The first-order valence-corrected chi connectivity index (χ1v) is 6.29. The van der Waals surface area contributed by atoms with E-state index in [9.17, 15) is 4.79 Å². The molecular weight excluding hydrogens is 284 g/mol. The van der Waals surface area contributed by atoms with Gasteiger partial charge in [0.15, 0.2) is 0 Å². The van der Waals surface area contributed by atoms with Gasteiger partial charge in [-0.3, -0.25) is 9.69 Å². The van der Waals surface area contributed by atoms with Crippen molar-refractivity contribution in [2.24, 2.45) is 0 Å². The van der Waals surface area contributed by atoms with Crippen LogP contribution in [-0.4, -0.2) is 25.1 Å². The van der Waals surface area contributed by atoms with E-state index in [1.165, 1.54) is 4.90 Å². The highest BCUT2D eigenvalue weighted by Gasteiger charge is 2.20. The van der Waals surface area contributed by atoms with Crippen LogP contribution >= 0.6 is 34.8 Å². The third kappa shape index (κ3) is 3.75. The number of amides is 1. The molecule has 0 saturated carbocycles. The quantitative estimate of drug-likeness (QED) is 0.614. The van der Waals surface area contributed by atoms with Crippen LogP contribution in [0.25, 0.3) is 0 Å². The summed E-state index contributed by atoms with van der Waals surface area (Å²) in [5.41, 5.74) is 0.426. The van der Waals surface area contributed by atoms with E-state index in [1.54, 1.807) is 18.2 Å². The molecular formula is C11H12Cl3NO2. The fraction of sp³-hybridized carbons (Fsp3) is 0.364. The highest BCUT2D eigenvalue weighted by Crippen LogP contribution is 2.33. The van der Waals surface area contributed by atoms with Crippen molar-refractivity contribution in [2.45, 2.75) is 6.92 Å². The van der Waals surface area contributed by atoms with Crippen molar-refractivity contribution in [3.63, 3.8) is 0 Å². The van der Waals surface area contributed by atoms with E-state index in [2.05, 4.69) is 0 Å². The van der Waals surface area contributed by atoms with E-state index < -0.39 is 0 Å². The number of carbonyl (C=O) groups excluding carboxylic acids is 1. The number of nitrogens with zero attached hydrogens (tertiary/aromatic N) is 1. The molecule has 0 aliphatic heterocycles. The Morgan fingerprint density at radius 3 is 2.41 bits per heavy atom. The smallest absolute Gasteiger partial charge is 0.243 e. The number of hydrogen-bond acceptors (Lipinski definition) is 2. The van der Waals surface area contributed by atoms with Gasteiger partial charge in [-0.2, -0.15) is 0 Å². The van der Waals surface area contributed by atoms with Crippen molar-refractivity contribution >= 4 is 46.4 Å². The summed E-state index contributed by atoms with van der Waals surface area (Å²) in [7, 11) is 0. The zero-order valence-corrected chi connectivity index (χ0v) is 11.5. The molecule has 1 rings (SSSR count). The first-order chi connectivity index (χ1) is 8.11. The van der Waals surface area contributed by atoms with Gasteiger partial charge in [-0.15, -0.1) is 11.6 Å². The summed E-state index contributed by atoms with van der Waals surface area (Å²) in [6.45, 7) is 2.39. The molecule has 0 aliphatic carbocycles. The maximum Gasteiger partial charge on any atom is 0.243 e. The van der Waals surface area contributed by atoms with E-state index in [0.29, 0.717) is 22.3 Å². The van der Waals surface area contributed by atoms with Crippen LogP contribution in [0.3, 0.4) is 0 Å². The van der Waals surface area contributed by atoms with Crippen molar-refractivity contribution in [1.29, 1.82) is 0 Å². The first kappa shape index (κ1) is 14.6. The second-order valence-electron chi connectivity index (χ2n) is 3.15. The highest BCUT2D eigenvalue weighted by molar-refractivity contribution is 6.40. The molecule has 0 heterocycles. The lowest BCUT2D eigenvalue weighted by molar-refractivity contribution is -0.117. The highest BCUT2D eigenvalue weighted by atomic mass is 35.5. The fourth-order valence-corrected chi connectivity index (χ4v) is 2.01. The minimum absolute atomic E-state index is 0.0749. The van der Waals surface area contributed by atoms with Gasteiger partial charge in [0.05, 0.1) is 15.7 Å². The molecule has 0 fully saturated rings. The Balaban J connectivity index is 3.07. The lowest BCUT2D eigenvalue weighted by Crippen LogP contribution is -2.34. The Bertz CT molecular complexity index is 378. The van der Waals surface area contributed by atoms with Crippen molar-refractivity contribution in [3.8, 4) is 0 Å². The Kier molecular flexibility index (Phi) is 6.06. The van der Waals surface area contributed by atoms with Gasteiger partial charge in [0.1, 0.15) is 12.6 Å². The summed E-state index contributed by atoms with van der Waals surface area (Å²) >= 11 is 17.6. The Morgan fingerprint density at radius 2 is 1.94 bits per heavy atom. The standard InChI is InChI=1S/C11H12Cl3NO2/c1-2-17-7-15(10(16)6-12)11-8(13)4-3-5-9(11)14/h3-5H,2,6-7H2,1H3. The summed E-state index contributed by atoms with van der Waals surface area (Å²) in [6.07, 6.45) is 0. The maximum atomic E-state index is 11.7. The van der Waals surface area contributed by atoms with Gasteiger partial charge in [-0.25, -0.2) is 0 Å². The molecule has 0 aromatic heterocycles. The van der Waals surface area contributed by atoms with E-state index in [4.69, 9.17) is 39.5 Å². The van der Waals surface area contributed by atoms with Crippen LogP contribution in [-0.2, 0) is 9.53 Å². The lowest BCUT2D eigenvalue weighted by atomic mass is 10.3. The molecule has 0 unspecified atom stereocenters. The van der Waals surface area contributed by atoms with Crippen LogP contribution in [0.15, 0.2) is 18.2 Å². The van der Waals surface area contributed by atoms with Gasteiger partial charge in [-0.1, -0.05) is 29.3 Å². The molecule has 1 aromatic rings. The second-order valence-corrected chi connectivity index (χ2v) is 4.23. The molecule has 0 saturated heterocycles. The lowest BCUT2D eigenvalue weighted by Gasteiger charge is -2.23. The number of hydrogen-bond donors (Lipinski definition) is 0. The van der Waals surface area contributed by atoms with Crippen molar-refractivity contribution in [2.75, 3.05) is 24.1 Å². The van der Waals surface area contributed by atoms with E-state index in [-0.39, 0.29) is 18.5 Å². The maximum absolute atomic E-state index is 11.7. The van der Waals surface area contributed by atoms with E-state index >= 15 is 0 Å². The van der Waals surface area contributed by atoms with Gasteiger partial charge in [-0.05, 0) is 19.1 Å². The zero-order chi connectivity index (χ0) is 12.8. The monoisotopic (exact) mass is 295 g/mol. The van der Waals surface area contributed by atoms with E-state index in [0.717, 1.165) is 0 Å². The summed E-state index contributed by atoms with van der Waals surface area (Å²) in [5, 5.41) is 0.770. The average Bonchev–Trinajstić information content (AvgIpc) is 2.32. The van der Waals surface area contributed by atoms with Gasteiger partial charge in [0.25, 0.3) is 0 Å². The molecule has 0 N–H and O–H groups in total. The van der Waals surface area contributed by atoms with Crippen LogP contribution < -0.4 is 4.90 Å². The Labute approximate surface area is 115 Å². The number of benzene rings is 1. The molecule has 0 radical (unpaired) electrons. The molecule has 0 bridgehead atoms. The average molecular weight is 297 g/mol. The fourth-order valence-electron chi connectivity index (χ4n) is 1.26. The van der Waals surface area contributed by atoms with Crippen LogP contribution in [0.4, 0.5) is 5.69 Å². The van der Waals surface area contributed by atoms with Crippen molar-refractivity contribution in [1.82, 2.24) is 0 Å². The van der Waals surface area contributed by atoms with Crippen LogP contribution in [0.1, 0.15) is 6.92 Å². The Hall–Kier alpha value is -0.480. The molecule has 94 valence electrons. The van der Waals surface area contributed by atoms with Gasteiger partial charge in [0, 0.05) is 6.61 Å². The summed E-state index contributed by atoms with van der Waals surface area (Å²) in [6, 6.07) is 5.02. The van der Waals surface area contributed by atoms with Crippen molar-refractivity contribution in [3.05, 3.63) is 28.2 Å². The largest absolute Gasteiger partial charge is 0.361 e. The number of anilines is 1. The molecule has 17 heavy (non-hydrogen) atoms. The molecule has 6 heteroatoms. The van der Waals surface area contributed by atoms with Gasteiger partial charge in [0.2, 0.25) is 5.91 Å². The number of halogens is 3. The van der Waals surface area contributed by atoms with Crippen LogP contribution in [0.5, 0.6) is 0 Å². The molecule has 0 atom stereocenters. The van der Waals surface area contributed by atoms with Gasteiger partial charge >= 0.3 is 0 Å². The number of rotatable bonds is 5. The summed E-state index contributed by atoms with van der Waals surface area (Å²) in [5.74, 6) is -0.468. The summed E-state index contributed by atoms with van der Waals surface area (Å²) in [4.78, 5) is 13.1. The number of ether oxygens (including phenoxy) is 1. The number of carbonyl (C=O) groups is 1. The summed E-state index contributed by atoms with van der Waals surface area (Å²) < 4.78 is 5.21. The van der Waals surface area contributed by atoms with Crippen LogP contribution in [0, 0.1) is 0 Å². The molecule has 0 aliphatic rings. The van der Waals surface area contributed by atoms with Crippen LogP contribution in [0.2, 0.25) is 10.0 Å². The molecule has 1 amide bonds. The normalized spacial score (nSPS) is 10.4. The predicted molar refractivity (Wildman–Crippen MR) is 71.2 cm³/mol. The number of para-hydroxylation sites is 1. The third-order valence-electron chi connectivity index (χ3n) is 2.05. The number of alkyl halides is 1. The topological polar surface area (TPSA) is 29.5 Å². The molecule has 1 aromatic carbocycles. The van der Waals surface area contributed by atoms with Gasteiger partial charge < -0.3 is 4.74 Å². The minimum atomic E-state index is -0.310. The van der Waals surface area contributed by atoms with E-state index in [1.807, 2.05) is 6.92 Å². The first-order valence-electron chi connectivity index (χ1n) is 4.99. The third-order valence-corrected chi connectivity index (χ3v) is 2.89. The second kappa shape index (κ2) is 7.07. The zero-order valence-electron chi connectivity index (χ0n) is 9.25.